The van der Waals surface area contributed by atoms with E-state index in [1.807, 2.05) is 6.92 Å². The number of carbonyl (C=O) groups is 1. The number of hydrogen-bond donors (Lipinski definition) is 0. The molecule has 0 radical (unpaired) electrons. The predicted octanol–water partition coefficient (Wildman–Crippen LogP) is 1.03. The topological polar surface area (TPSA) is 90.3 Å². The van der Waals surface area contributed by atoms with Crippen molar-refractivity contribution in [2.75, 3.05) is 19.7 Å². The van der Waals surface area contributed by atoms with Crippen molar-refractivity contribution in [2.45, 2.75) is 31.5 Å². The first-order valence-corrected chi connectivity index (χ1v) is 8.29. The lowest BCUT2D eigenvalue weighted by molar-refractivity contribution is -0.174. The molecule has 0 bridgehead atoms. The molecule has 2 aromatic heterocycles. The summed E-state index contributed by atoms with van der Waals surface area (Å²) in [5, 5.41) is 0. The quantitative estimate of drug-likeness (QED) is 0.823. The molecule has 1 unspecified atom stereocenters. The highest BCUT2D eigenvalue weighted by atomic mass is 16.5. The predicted molar refractivity (Wildman–Crippen MR) is 87.0 cm³/mol. The van der Waals surface area contributed by atoms with Gasteiger partial charge in [0.05, 0.1) is 31.6 Å². The number of carbonyl (C=O) groups excluding carboxylic acids is 1. The van der Waals surface area contributed by atoms with Crippen LogP contribution in [0.2, 0.25) is 0 Å². The molecule has 1 amide bonds. The monoisotopic (exact) mass is 341 g/mol. The fourth-order valence-electron chi connectivity index (χ4n) is 3.32. The third kappa shape index (κ3) is 3.30. The number of rotatable bonds is 3. The Morgan fingerprint density at radius 1 is 1.32 bits per heavy atom. The van der Waals surface area contributed by atoms with Crippen molar-refractivity contribution in [1.29, 1.82) is 0 Å². The molecule has 2 aliphatic heterocycles. The van der Waals surface area contributed by atoms with Gasteiger partial charge in [0.15, 0.2) is 0 Å². The Kier molecular flexibility index (Phi) is 4.04. The van der Waals surface area contributed by atoms with Gasteiger partial charge in [0, 0.05) is 31.4 Å². The van der Waals surface area contributed by atoms with Gasteiger partial charge in [0.1, 0.15) is 11.7 Å². The number of hydrogen-bond acceptors (Lipinski definition) is 7. The largest absolute Gasteiger partial charge is 0.473 e. The van der Waals surface area contributed by atoms with Crippen LogP contribution >= 0.6 is 0 Å². The van der Waals surface area contributed by atoms with Crippen LogP contribution in [0.25, 0.3) is 0 Å². The minimum atomic E-state index is -0.343. The molecular weight excluding hydrogens is 322 g/mol. The molecule has 0 aromatic carbocycles. The van der Waals surface area contributed by atoms with Gasteiger partial charge >= 0.3 is 0 Å². The highest BCUT2D eigenvalue weighted by Crippen LogP contribution is 2.36. The minimum Gasteiger partial charge on any atom is -0.473 e. The molecule has 8 nitrogen and oxygen atoms in total. The first-order chi connectivity index (χ1) is 12.1. The third-order valence-electron chi connectivity index (χ3n) is 4.47. The smallest absolute Gasteiger partial charge is 0.291 e. The van der Waals surface area contributed by atoms with Crippen molar-refractivity contribution in [2.24, 2.45) is 0 Å². The molecule has 2 aromatic rings. The summed E-state index contributed by atoms with van der Waals surface area (Å²) in [4.78, 5) is 30.5. The van der Waals surface area contributed by atoms with Crippen molar-refractivity contribution < 1.29 is 14.3 Å². The Balaban J connectivity index is 1.37. The summed E-state index contributed by atoms with van der Waals surface area (Å²) in [6.45, 7) is 3.55. The van der Waals surface area contributed by atoms with E-state index in [1.54, 1.807) is 35.8 Å². The SMILES string of the molecule is Cc1cncc(OC2CCOC3(C2)CN(C(=O)c2ncccn2)C3)n1. The summed E-state index contributed by atoms with van der Waals surface area (Å²) < 4.78 is 11.9. The van der Waals surface area contributed by atoms with E-state index in [0.29, 0.717) is 25.6 Å². The van der Waals surface area contributed by atoms with Crippen LogP contribution in [-0.2, 0) is 4.74 Å². The Labute approximate surface area is 145 Å². The van der Waals surface area contributed by atoms with E-state index in [2.05, 4.69) is 19.9 Å². The second kappa shape index (κ2) is 6.36. The Morgan fingerprint density at radius 3 is 2.88 bits per heavy atom. The molecule has 25 heavy (non-hydrogen) atoms. The number of aryl methyl sites for hydroxylation is 1. The first kappa shape index (κ1) is 15.9. The van der Waals surface area contributed by atoms with Crippen molar-refractivity contribution in [3.63, 3.8) is 0 Å². The Morgan fingerprint density at radius 2 is 2.12 bits per heavy atom. The number of nitrogens with zero attached hydrogens (tertiary/aromatic N) is 5. The maximum absolute atomic E-state index is 12.4. The summed E-state index contributed by atoms with van der Waals surface area (Å²) in [6, 6.07) is 1.69. The van der Waals surface area contributed by atoms with Gasteiger partial charge in [-0.25, -0.2) is 15.0 Å². The van der Waals surface area contributed by atoms with Crippen LogP contribution in [-0.4, -0.2) is 62.1 Å². The molecular formula is C17H19N5O3. The van der Waals surface area contributed by atoms with E-state index in [4.69, 9.17) is 9.47 Å². The van der Waals surface area contributed by atoms with Gasteiger partial charge in [-0.2, -0.15) is 0 Å². The highest BCUT2D eigenvalue weighted by Gasteiger charge is 2.50. The van der Waals surface area contributed by atoms with Gasteiger partial charge in [-0.3, -0.25) is 9.78 Å². The summed E-state index contributed by atoms with van der Waals surface area (Å²) in [5.74, 6) is 0.588. The molecule has 0 aliphatic carbocycles. The molecule has 4 rings (SSSR count). The van der Waals surface area contributed by atoms with Crippen LogP contribution in [0, 0.1) is 6.92 Å². The van der Waals surface area contributed by atoms with E-state index < -0.39 is 0 Å². The summed E-state index contributed by atoms with van der Waals surface area (Å²) in [7, 11) is 0. The molecule has 2 fully saturated rings. The van der Waals surface area contributed by atoms with Gasteiger partial charge in [-0.05, 0) is 13.0 Å². The number of ether oxygens (including phenoxy) is 2. The molecule has 0 N–H and O–H groups in total. The molecule has 8 heteroatoms. The van der Waals surface area contributed by atoms with E-state index >= 15 is 0 Å². The summed E-state index contributed by atoms with van der Waals surface area (Å²) >= 11 is 0. The van der Waals surface area contributed by atoms with E-state index in [9.17, 15) is 4.79 Å². The van der Waals surface area contributed by atoms with Gasteiger partial charge in [-0.1, -0.05) is 0 Å². The Bertz CT molecular complexity index is 764. The zero-order chi connectivity index (χ0) is 17.3. The average Bonchev–Trinajstić information content (AvgIpc) is 2.60. The van der Waals surface area contributed by atoms with Crippen molar-refractivity contribution in [1.82, 2.24) is 24.8 Å². The normalized spacial score (nSPS) is 21.6. The van der Waals surface area contributed by atoms with Crippen LogP contribution < -0.4 is 4.74 Å². The second-order valence-electron chi connectivity index (χ2n) is 6.50. The lowest BCUT2D eigenvalue weighted by Crippen LogP contribution is -2.67. The minimum absolute atomic E-state index is 0.00933. The molecule has 4 heterocycles. The van der Waals surface area contributed by atoms with Crippen LogP contribution in [0.15, 0.2) is 30.9 Å². The fraction of sp³-hybridized carbons (Fsp3) is 0.471. The Hall–Kier alpha value is -2.61. The molecule has 1 spiro atoms. The lowest BCUT2D eigenvalue weighted by atomic mass is 9.84. The van der Waals surface area contributed by atoms with E-state index in [0.717, 1.165) is 18.5 Å². The van der Waals surface area contributed by atoms with Crippen molar-refractivity contribution in [3.05, 3.63) is 42.4 Å². The standard InChI is InChI=1S/C17H19N5O3/c1-12-8-18-9-14(21-12)25-13-3-6-24-17(7-13)10-22(11-17)16(23)15-19-4-2-5-20-15/h2,4-5,8-9,13H,3,6-7,10-11H2,1H3. The number of aromatic nitrogens is 4. The zero-order valence-corrected chi connectivity index (χ0v) is 14.0. The molecule has 1 atom stereocenters. The second-order valence-corrected chi connectivity index (χ2v) is 6.50. The van der Waals surface area contributed by atoms with Gasteiger partial charge in [0.25, 0.3) is 5.91 Å². The number of amides is 1. The third-order valence-corrected chi connectivity index (χ3v) is 4.47. The highest BCUT2D eigenvalue weighted by molar-refractivity contribution is 5.91. The van der Waals surface area contributed by atoms with Crippen LogP contribution in [0.1, 0.15) is 29.2 Å². The van der Waals surface area contributed by atoms with Crippen molar-refractivity contribution in [3.8, 4) is 5.88 Å². The summed E-state index contributed by atoms with van der Waals surface area (Å²) in [6.07, 6.45) is 7.99. The molecule has 130 valence electrons. The molecule has 0 saturated carbocycles. The zero-order valence-electron chi connectivity index (χ0n) is 14.0. The van der Waals surface area contributed by atoms with Crippen LogP contribution in [0.4, 0.5) is 0 Å². The van der Waals surface area contributed by atoms with Crippen molar-refractivity contribution >= 4 is 5.91 Å². The maximum Gasteiger partial charge on any atom is 0.291 e. The average molecular weight is 341 g/mol. The molecule has 2 aliphatic rings. The molecule has 2 saturated heterocycles. The van der Waals surface area contributed by atoms with E-state index in [1.165, 1.54) is 0 Å². The van der Waals surface area contributed by atoms with Crippen LogP contribution in [0.5, 0.6) is 5.88 Å². The fourth-order valence-corrected chi connectivity index (χ4v) is 3.32. The maximum atomic E-state index is 12.4. The van der Waals surface area contributed by atoms with Gasteiger partial charge < -0.3 is 14.4 Å². The van der Waals surface area contributed by atoms with Crippen LogP contribution in [0.3, 0.4) is 0 Å². The summed E-state index contributed by atoms with van der Waals surface area (Å²) in [5.41, 5.74) is 0.479. The van der Waals surface area contributed by atoms with E-state index in [-0.39, 0.29) is 23.4 Å². The van der Waals surface area contributed by atoms with Gasteiger partial charge in [-0.15, -0.1) is 0 Å². The number of likely N-dealkylation sites (tertiary alicyclic amines) is 1. The lowest BCUT2D eigenvalue weighted by Gasteiger charge is -2.52. The first-order valence-electron chi connectivity index (χ1n) is 8.29. The van der Waals surface area contributed by atoms with Gasteiger partial charge in [0.2, 0.25) is 11.7 Å².